The standard InChI is InChI=1S/C15H22N2O3/c1-16-15(18)12-5-8-20-14-4-6-17(10-13(12)14)9-11-3-2-7-19-11/h2-3,7,12-14H,4-6,8-10H2,1H3,(H,16,18)/t12-,13+,14-/m1/s1. The second-order valence-corrected chi connectivity index (χ2v) is 5.69. The van der Waals surface area contributed by atoms with Crippen molar-refractivity contribution in [2.45, 2.75) is 25.5 Å². The summed E-state index contributed by atoms with van der Waals surface area (Å²) in [6, 6.07) is 3.92. The van der Waals surface area contributed by atoms with Gasteiger partial charge in [0.1, 0.15) is 5.76 Å². The highest BCUT2D eigenvalue weighted by Gasteiger charge is 2.41. The van der Waals surface area contributed by atoms with Gasteiger partial charge in [0.15, 0.2) is 0 Å². The number of ether oxygens (including phenoxy) is 1. The zero-order chi connectivity index (χ0) is 13.9. The van der Waals surface area contributed by atoms with E-state index in [1.54, 1.807) is 13.3 Å². The van der Waals surface area contributed by atoms with Crippen molar-refractivity contribution in [3.8, 4) is 0 Å². The smallest absolute Gasteiger partial charge is 0.223 e. The topological polar surface area (TPSA) is 54.7 Å². The lowest BCUT2D eigenvalue weighted by atomic mass is 9.79. The van der Waals surface area contributed by atoms with Gasteiger partial charge < -0.3 is 14.5 Å². The number of likely N-dealkylation sites (tertiary alicyclic amines) is 1. The van der Waals surface area contributed by atoms with Gasteiger partial charge in [-0.2, -0.15) is 0 Å². The first kappa shape index (κ1) is 13.6. The van der Waals surface area contributed by atoms with Gasteiger partial charge in [0.05, 0.1) is 18.9 Å². The average Bonchev–Trinajstić information content (AvgIpc) is 2.98. The Morgan fingerprint density at radius 2 is 2.40 bits per heavy atom. The maximum absolute atomic E-state index is 12.0. The Balaban J connectivity index is 1.67. The molecule has 3 atom stereocenters. The second-order valence-electron chi connectivity index (χ2n) is 5.69. The van der Waals surface area contributed by atoms with Crippen molar-refractivity contribution in [2.75, 3.05) is 26.7 Å². The average molecular weight is 278 g/mol. The van der Waals surface area contributed by atoms with E-state index in [0.29, 0.717) is 12.5 Å². The van der Waals surface area contributed by atoms with Crippen molar-refractivity contribution in [1.82, 2.24) is 10.2 Å². The van der Waals surface area contributed by atoms with Gasteiger partial charge >= 0.3 is 0 Å². The molecule has 1 amide bonds. The van der Waals surface area contributed by atoms with Crippen LogP contribution in [0, 0.1) is 11.8 Å². The molecule has 110 valence electrons. The molecule has 0 aliphatic carbocycles. The van der Waals surface area contributed by atoms with E-state index in [2.05, 4.69) is 10.2 Å². The molecule has 1 aromatic rings. The Hall–Kier alpha value is -1.33. The third kappa shape index (κ3) is 2.74. The zero-order valence-corrected chi connectivity index (χ0v) is 11.9. The van der Waals surface area contributed by atoms with Gasteiger partial charge in [-0.25, -0.2) is 0 Å². The summed E-state index contributed by atoms with van der Waals surface area (Å²) in [5.41, 5.74) is 0. The molecular weight excluding hydrogens is 256 g/mol. The number of nitrogens with zero attached hydrogens (tertiary/aromatic N) is 1. The lowest BCUT2D eigenvalue weighted by Crippen LogP contribution is -2.52. The number of nitrogens with one attached hydrogen (secondary N) is 1. The van der Waals surface area contributed by atoms with E-state index >= 15 is 0 Å². The minimum absolute atomic E-state index is 0.0816. The first-order valence-electron chi connectivity index (χ1n) is 7.36. The molecule has 0 radical (unpaired) electrons. The fraction of sp³-hybridized carbons (Fsp3) is 0.667. The van der Waals surface area contributed by atoms with Crippen LogP contribution in [0.15, 0.2) is 22.8 Å². The molecule has 3 heterocycles. The fourth-order valence-electron chi connectivity index (χ4n) is 3.46. The van der Waals surface area contributed by atoms with E-state index in [4.69, 9.17) is 9.15 Å². The molecule has 5 heteroatoms. The van der Waals surface area contributed by atoms with Crippen LogP contribution >= 0.6 is 0 Å². The first-order valence-corrected chi connectivity index (χ1v) is 7.36. The monoisotopic (exact) mass is 278 g/mol. The predicted molar refractivity (Wildman–Crippen MR) is 74.0 cm³/mol. The molecule has 0 aromatic carbocycles. The second kappa shape index (κ2) is 5.97. The zero-order valence-electron chi connectivity index (χ0n) is 11.9. The Kier molecular flexibility index (Phi) is 4.08. The predicted octanol–water partition coefficient (Wildman–Crippen LogP) is 1.25. The van der Waals surface area contributed by atoms with Gasteiger partial charge in [-0.3, -0.25) is 9.69 Å². The Morgan fingerprint density at radius 1 is 1.50 bits per heavy atom. The van der Waals surface area contributed by atoms with Gasteiger partial charge in [-0.15, -0.1) is 0 Å². The molecule has 2 aliphatic rings. The number of rotatable bonds is 3. The molecule has 2 fully saturated rings. The molecule has 0 bridgehead atoms. The molecule has 3 rings (SSSR count). The first-order chi connectivity index (χ1) is 9.78. The number of furan rings is 1. The number of carbonyl (C=O) groups excluding carboxylic acids is 1. The summed E-state index contributed by atoms with van der Waals surface area (Å²) in [4.78, 5) is 14.4. The summed E-state index contributed by atoms with van der Waals surface area (Å²) < 4.78 is 11.3. The molecule has 0 saturated carbocycles. The van der Waals surface area contributed by atoms with Crippen LogP contribution in [0.4, 0.5) is 0 Å². The van der Waals surface area contributed by atoms with Crippen LogP contribution in [-0.2, 0) is 16.1 Å². The van der Waals surface area contributed by atoms with Crippen LogP contribution in [0.5, 0.6) is 0 Å². The van der Waals surface area contributed by atoms with Crippen LogP contribution in [0.2, 0.25) is 0 Å². The third-order valence-electron chi connectivity index (χ3n) is 4.50. The van der Waals surface area contributed by atoms with E-state index in [-0.39, 0.29) is 17.9 Å². The summed E-state index contributed by atoms with van der Waals surface area (Å²) in [5, 5.41) is 2.80. The minimum Gasteiger partial charge on any atom is -0.468 e. The molecule has 2 saturated heterocycles. The van der Waals surface area contributed by atoms with Gasteiger partial charge in [0.25, 0.3) is 0 Å². The molecule has 5 nitrogen and oxygen atoms in total. The van der Waals surface area contributed by atoms with Crippen molar-refractivity contribution in [3.63, 3.8) is 0 Å². The van der Waals surface area contributed by atoms with E-state index in [1.807, 2.05) is 12.1 Å². The fourth-order valence-corrected chi connectivity index (χ4v) is 3.46. The van der Waals surface area contributed by atoms with Crippen LogP contribution in [0.1, 0.15) is 18.6 Å². The summed E-state index contributed by atoms with van der Waals surface area (Å²) in [7, 11) is 1.72. The lowest BCUT2D eigenvalue weighted by molar-refractivity contribution is -0.141. The molecule has 1 N–H and O–H groups in total. The molecule has 2 aliphatic heterocycles. The van der Waals surface area contributed by atoms with Gasteiger partial charge in [-0.1, -0.05) is 0 Å². The van der Waals surface area contributed by atoms with Gasteiger partial charge in [0.2, 0.25) is 5.91 Å². The number of fused-ring (bicyclic) bond motifs is 1. The van der Waals surface area contributed by atoms with Crippen molar-refractivity contribution < 1.29 is 13.9 Å². The van der Waals surface area contributed by atoms with Crippen LogP contribution in [0.25, 0.3) is 0 Å². The molecule has 0 spiro atoms. The maximum atomic E-state index is 12.0. The Labute approximate surface area is 119 Å². The SMILES string of the molecule is CNC(=O)[C@@H]1CCO[C@@H]2CCN(Cc3ccco3)C[C@H]21. The van der Waals surface area contributed by atoms with Crippen LogP contribution in [-0.4, -0.2) is 43.7 Å². The summed E-state index contributed by atoms with van der Waals surface area (Å²) >= 11 is 0. The number of piperidine rings is 1. The van der Waals surface area contributed by atoms with Crippen LogP contribution in [0.3, 0.4) is 0 Å². The van der Waals surface area contributed by atoms with E-state index in [9.17, 15) is 4.79 Å². The normalized spacial score (nSPS) is 30.8. The maximum Gasteiger partial charge on any atom is 0.223 e. The van der Waals surface area contributed by atoms with Crippen molar-refractivity contribution in [1.29, 1.82) is 0 Å². The highest BCUT2D eigenvalue weighted by molar-refractivity contribution is 5.78. The van der Waals surface area contributed by atoms with Crippen molar-refractivity contribution in [2.24, 2.45) is 11.8 Å². The number of carbonyl (C=O) groups is 1. The third-order valence-corrected chi connectivity index (χ3v) is 4.50. The summed E-state index contributed by atoms with van der Waals surface area (Å²) in [5.74, 6) is 1.52. The largest absolute Gasteiger partial charge is 0.468 e. The summed E-state index contributed by atoms with van der Waals surface area (Å²) in [6.07, 6.45) is 3.77. The number of hydrogen-bond donors (Lipinski definition) is 1. The summed E-state index contributed by atoms with van der Waals surface area (Å²) in [6.45, 7) is 3.43. The number of amides is 1. The number of hydrogen-bond acceptors (Lipinski definition) is 4. The quantitative estimate of drug-likeness (QED) is 0.904. The molecule has 1 aromatic heterocycles. The van der Waals surface area contributed by atoms with E-state index in [0.717, 1.165) is 38.2 Å². The highest BCUT2D eigenvalue weighted by atomic mass is 16.5. The molecule has 20 heavy (non-hydrogen) atoms. The van der Waals surface area contributed by atoms with Crippen LogP contribution < -0.4 is 5.32 Å². The van der Waals surface area contributed by atoms with Gasteiger partial charge in [-0.05, 0) is 25.0 Å². The lowest BCUT2D eigenvalue weighted by Gasteiger charge is -2.44. The Bertz CT molecular complexity index is 446. The van der Waals surface area contributed by atoms with E-state index < -0.39 is 0 Å². The van der Waals surface area contributed by atoms with Crippen molar-refractivity contribution in [3.05, 3.63) is 24.2 Å². The molecule has 0 unspecified atom stereocenters. The minimum atomic E-state index is 0.0816. The highest BCUT2D eigenvalue weighted by Crippen LogP contribution is 2.33. The molecular formula is C15H22N2O3. The Morgan fingerprint density at radius 3 is 3.15 bits per heavy atom. The van der Waals surface area contributed by atoms with E-state index in [1.165, 1.54) is 0 Å². The van der Waals surface area contributed by atoms with Crippen molar-refractivity contribution >= 4 is 5.91 Å². The van der Waals surface area contributed by atoms with Gasteiger partial charge in [0, 0.05) is 38.6 Å².